The number of nitrogens with zero attached hydrogens (tertiary/aromatic N) is 1. The Labute approximate surface area is 142 Å². The molecule has 1 saturated heterocycles. The second-order valence-electron chi connectivity index (χ2n) is 8.12. The van der Waals surface area contributed by atoms with Crippen molar-refractivity contribution in [2.24, 2.45) is 5.92 Å². The van der Waals surface area contributed by atoms with E-state index in [-0.39, 0.29) is 17.3 Å². The predicted molar refractivity (Wildman–Crippen MR) is 91.1 cm³/mol. The molecule has 1 aromatic rings. The molecule has 0 amide bonds. The normalized spacial score (nSPS) is 43.9. The molecule has 0 saturated carbocycles. The standard InChI is InChI=1S/C20H23NO3/c1-3-9-21(2)10-8-20-13-5-7-16(23)19(20)24-18-15(22)6-4-12(17(18)20)11-14(13)21/h3-7,13-14,16,19,23H,1,8-11H2,2H3/p+1/t13?,14?,16-,19?,20-,21-/m1/s1. The Hall–Kier alpha value is -1.78. The van der Waals surface area contributed by atoms with E-state index in [4.69, 9.17) is 4.74 Å². The number of ether oxygens (including phenoxy) is 1. The molecule has 4 heteroatoms. The van der Waals surface area contributed by atoms with Crippen LogP contribution in [0.1, 0.15) is 17.5 Å². The zero-order chi connectivity index (χ0) is 16.7. The van der Waals surface area contributed by atoms with Crippen molar-refractivity contribution in [2.45, 2.75) is 36.5 Å². The van der Waals surface area contributed by atoms with Gasteiger partial charge in [-0.05, 0) is 17.7 Å². The van der Waals surface area contributed by atoms with Gasteiger partial charge in [-0.2, -0.15) is 0 Å². The van der Waals surface area contributed by atoms with Crippen molar-refractivity contribution in [3.8, 4) is 11.5 Å². The molecule has 5 rings (SSSR count). The molecule has 2 heterocycles. The third-order valence-electron chi connectivity index (χ3n) is 7.09. The quantitative estimate of drug-likeness (QED) is 0.645. The van der Waals surface area contributed by atoms with E-state index in [1.165, 1.54) is 11.1 Å². The summed E-state index contributed by atoms with van der Waals surface area (Å²) in [6.45, 7) is 5.97. The lowest BCUT2D eigenvalue weighted by Crippen LogP contribution is -2.71. The van der Waals surface area contributed by atoms with E-state index in [2.05, 4.69) is 25.8 Å². The summed E-state index contributed by atoms with van der Waals surface area (Å²) in [5.74, 6) is 1.15. The number of aromatic hydroxyl groups is 1. The van der Waals surface area contributed by atoms with Crippen LogP contribution >= 0.6 is 0 Å². The van der Waals surface area contributed by atoms with Crippen LogP contribution in [0.2, 0.25) is 0 Å². The van der Waals surface area contributed by atoms with E-state index >= 15 is 0 Å². The summed E-state index contributed by atoms with van der Waals surface area (Å²) in [5, 5.41) is 20.9. The molecule has 2 aliphatic carbocycles. The first kappa shape index (κ1) is 14.6. The minimum Gasteiger partial charge on any atom is -0.504 e. The van der Waals surface area contributed by atoms with Crippen molar-refractivity contribution in [3.63, 3.8) is 0 Å². The van der Waals surface area contributed by atoms with Gasteiger partial charge in [0.15, 0.2) is 11.5 Å². The molecule has 1 aromatic carbocycles. The average molecular weight is 326 g/mol. The fourth-order valence-corrected chi connectivity index (χ4v) is 6.02. The van der Waals surface area contributed by atoms with Gasteiger partial charge in [0.05, 0.1) is 25.6 Å². The molecule has 4 aliphatic rings. The van der Waals surface area contributed by atoms with Crippen LogP contribution in [0.25, 0.3) is 0 Å². The number of rotatable bonds is 2. The highest BCUT2D eigenvalue weighted by Crippen LogP contribution is 2.63. The Kier molecular flexibility index (Phi) is 2.69. The van der Waals surface area contributed by atoms with E-state index in [1.807, 2.05) is 12.2 Å². The average Bonchev–Trinajstić information content (AvgIpc) is 2.91. The number of phenols is 1. The maximum Gasteiger partial charge on any atom is 0.165 e. The third-order valence-corrected chi connectivity index (χ3v) is 7.09. The van der Waals surface area contributed by atoms with Crippen molar-refractivity contribution in [3.05, 3.63) is 48.1 Å². The van der Waals surface area contributed by atoms with E-state index in [0.717, 1.165) is 30.4 Å². The lowest BCUT2D eigenvalue weighted by molar-refractivity contribution is -0.938. The van der Waals surface area contributed by atoms with Gasteiger partial charge < -0.3 is 19.4 Å². The second kappa shape index (κ2) is 4.44. The van der Waals surface area contributed by atoms with Crippen LogP contribution in [0.15, 0.2) is 36.9 Å². The topological polar surface area (TPSA) is 49.7 Å². The van der Waals surface area contributed by atoms with E-state index in [1.54, 1.807) is 6.07 Å². The number of hydrogen-bond donors (Lipinski definition) is 2. The highest BCUT2D eigenvalue weighted by Gasteiger charge is 2.67. The molecule has 1 fully saturated rings. The lowest BCUT2D eigenvalue weighted by Gasteiger charge is -2.59. The zero-order valence-corrected chi connectivity index (χ0v) is 14.0. The van der Waals surface area contributed by atoms with Crippen molar-refractivity contribution in [1.82, 2.24) is 0 Å². The zero-order valence-electron chi connectivity index (χ0n) is 14.0. The molecule has 2 bridgehead atoms. The van der Waals surface area contributed by atoms with Crippen molar-refractivity contribution >= 4 is 0 Å². The van der Waals surface area contributed by atoms with Gasteiger partial charge in [0.2, 0.25) is 0 Å². The number of aliphatic hydroxyl groups is 1. The van der Waals surface area contributed by atoms with Gasteiger partial charge in [-0.3, -0.25) is 0 Å². The highest BCUT2D eigenvalue weighted by molar-refractivity contribution is 5.61. The van der Waals surface area contributed by atoms with Crippen LogP contribution in [-0.2, 0) is 11.8 Å². The second-order valence-corrected chi connectivity index (χ2v) is 8.12. The molecular formula is C20H24NO3+. The molecule has 0 aromatic heterocycles. The fraction of sp³-hybridized carbons (Fsp3) is 0.500. The molecule has 2 aliphatic heterocycles. The van der Waals surface area contributed by atoms with Crippen molar-refractivity contribution < 1.29 is 19.4 Å². The summed E-state index contributed by atoms with van der Waals surface area (Å²) >= 11 is 0. The molecule has 6 atom stereocenters. The first-order valence-electron chi connectivity index (χ1n) is 8.85. The smallest absolute Gasteiger partial charge is 0.165 e. The number of piperidine rings is 1. The Morgan fingerprint density at radius 3 is 3.04 bits per heavy atom. The van der Waals surface area contributed by atoms with Crippen molar-refractivity contribution in [2.75, 3.05) is 20.1 Å². The molecule has 1 spiro atoms. The molecular weight excluding hydrogens is 302 g/mol. The van der Waals surface area contributed by atoms with Crippen molar-refractivity contribution in [1.29, 1.82) is 0 Å². The van der Waals surface area contributed by atoms with Gasteiger partial charge in [-0.15, -0.1) is 0 Å². The maximum absolute atomic E-state index is 10.6. The number of likely N-dealkylation sites (tertiary alicyclic amines) is 1. The molecule has 126 valence electrons. The monoisotopic (exact) mass is 326 g/mol. The third kappa shape index (κ3) is 1.47. The summed E-state index contributed by atoms with van der Waals surface area (Å²) < 4.78 is 7.16. The Morgan fingerprint density at radius 2 is 2.25 bits per heavy atom. The number of quaternary nitrogens is 1. The summed E-state index contributed by atoms with van der Waals surface area (Å²) in [6, 6.07) is 4.25. The highest BCUT2D eigenvalue weighted by atomic mass is 16.5. The minimum absolute atomic E-state index is 0.195. The Balaban J connectivity index is 1.78. The summed E-state index contributed by atoms with van der Waals surface area (Å²) in [6.07, 6.45) is 7.20. The molecule has 3 unspecified atom stereocenters. The number of aliphatic hydroxyl groups excluding tert-OH is 1. The largest absolute Gasteiger partial charge is 0.504 e. The number of phenolic OH excluding ortho intramolecular Hbond substituents is 1. The number of benzene rings is 1. The van der Waals surface area contributed by atoms with Gasteiger partial charge in [0.1, 0.15) is 18.2 Å². The summed E-state index contributed by atoms with van der Waals surface area (Å²) in [5.41, 5.74) is 2.25. The van der Waals surface area contributed by atoms with E-state index in [0.29, 0.717) is 17.7 Å². The molecule has 0 radical (unpaired) electrons. The van der Waals surface area contributed by atoms with Crippen LogP contribution in [0, 0.1) is 5.92 Å². The number of likely N-dealkylation sites (N-methyl/N-ethyl adjacent to an activating group) is 1. The summed E-state index contributed by atoms with van der Waals surface area (Å²) in [4.78, 5) is 0. The molecule has 24 heavy (non-hydrogen) atoms. The SMILES string of the molecule is C=CC[N@+]1(C)CC[C@@]23c4c5ccc(O)c4OC2[C@H](O)C=CC3C1C5. The van der Waals surface area contributed by atoms with E-state index in [9.17, 15) is 10.2 Å². The minimum atomic E-state index is -0.615. The fourth-order valence-electron chi connectivity index (χ4n) is 6.02. The van der Waals surface area contributed by atoms with Crippen LogP contribution in [0.5, 0.6) is 11.5 Å². The molecule has 2 N–H and O–H groups in total. The van der Waals surface area contributed by atoms with Crippen LogP contribution < -0.4 is 4.74 Å². The number of hydrogen-bond acceptors (Lipinski definition) is 3. The van der Waals surface area contributed by atoms with E-state index < -0.39 is 6.10 Å². The van der Waals surface area contributed by atoms with Gasteiger partial charge in [-0.1, -0.05) is 24.8 Å². The Morgan fingerprint density at radius 1 is 1.42 bits per heavy atom. The van der Waals surface area contributed by atoms with Gasteiger partial charge >= 0.3 is 0 Å². The summed E-state index contributed by atoms with van der Waals surface area (Å²) in [7, 11) is 2.33. The van der Waals surface area contributed by atoms with Crippen LogP contribution in [0.4, 0.5) is 0 Å². The first-order valence-corrected chi connectivity index (χ1v) is 8.85. The predicted octanol–water partition coefficient (Wildman–Crippen LogP) is 1.90. The lowest BCUT2D eigenvalue weighted by atomic mass is 9.52. The maximum atomic E-state index is 10.6. The molecule has 4 nitrogen and oxygen atoms in total. The Bertz CT molecular complexity index is 772. The first-order chi connectivity index (χ1) is 11.5. The van der Waals surface area contributed by atoms with Gasteiger partial charge in [0, 0.05) is 24.3 Å². The van der Waals surface area contributed by atoms with Gasteiger partial charge in [0.25, 0.3) is 0 Å². The van der Waals surface area contributed by atoms with Crippen LogP contribution in [-0.4, -0.2) is 53.1 Å². The van der Waals surface area contributed by atoms with Crippen LogP contribution in [0.3, 0.4) is 0 Å². The van der Waals surface area contributed by atoms with Gasteiger partial charge in [-0.25, -0.2) is 0 Å².